The molecule has 2 rings (SSSR count). The van der Waals surface area contributed by atoms with E-state index in [1.807, 2.05) is 4.90 Å². The molecule has 1 saturated carbocycles. The van der Waals surface area contributed by atoms with Crippen LogP contribution in [0.1, 0.15) is 25.7 Å². The molecular weight excluding hydrogens is 208 g/mol. The number of carbonyl (C=O) groups is 2. The van der Waals surface area contributed by atoms with E-state index >= 15 is 0 Å². The van der Waals surface area contributed by atoms with Gasteiger partial charge in [0.05, 0.1) is 13.0 Å². The molecule has 2 fully saturated rings. The topological polar surface area (TPSA) is 58.6 Å². The van der Waals surface area contributed by atoms with Crippen LogP contribution < -0.4 is 5.48 Å². The van der Waals surface area contributed by atoms with Gasteiger partial charge in [0.2, 0.25) is 11.8 Å². The summed E-state index contributed by atoms with van der Waals surface area (Å²) in [6, 6.07) is 0. The van der Waals surface area contributed by atoms with Crippen molar-refractivity contribution in [3.05, 3.63) is 0 Å². The lowest BCUT2D eigenvalue weighted by atomic mass is 9.97. The van der Waals surface area contributed by atoms with E-state index in [4.69, 9.17) is 0 Å². The predicted octanol–water partition coefficient (Wildman–Crippen LogP) is 0.313. The Morgan fingerprint density at radius 3 is 2.62 bits per heavy atom. The van der Waals surface area contributed by atoms with Crippen LogP contribution in [0.15, 0.2) is 0 Å². The summed E-state index contributed by atoms with van der Waals surface area (Å²) in [5, 5.41) is 0. The largest absolute Gasteiger partial charge is 0.342 e. The van der Waals surface area contributed by atoms with Gasteiger partial charge in [-0.2, -0.15) is 0 Å². The average molecular weight is 226 g/mol. The van der Waals surface area contributed by atoms with Crippen molar-refractivity contribution < 1.29 is 14.4 Å². The van der Waals surface area contributed by atoms with E-state index < -0.39 is 0 Å². The number of hydrogen-bond acceptors (Lipinski definition) is 3. The molecule has 16 heavy (non-hydrogen) atoms. The molecule has 0 radical (unpaired) electrons. The van der Waals surface area contributed by atoms with Crippen molar-refractivity contribution in [2.24, 2.45) is 11.8 Å². The van der Waals surface area contributed by atoms with Crippen LogP contribution in [0.5, 0.6) is 0 Å². The van der Waals surface area contributed by atoms with Crippen LogP contribution in [-0.4, -0.2) is 36.9 Å². The lowest BCUT2D eigenvalue weighted by Crippen LogP contribution is -2.45. The van der Waals surface area contributed by atoms with Gasteiger partial charge in [0.25, 0.3) is 0 Å². The first-order chi connectivity index (χ1) is 7.72. The fraction of sp³-hybridized carbons (Fsp3) is 0.818. The van der Waals surface area contributed by atoms with Crippen molar-refractivity contribution in [2.75, 3.05) is 20.2 Å². The monoisotopic (exact) mass is 226 g/mol. The molecule has 0 unspecified atom stereocenters. The van der Waals surface area contributed by atoms with Crippen LogP contribution in [0.2, 0.25) is 0 Å². The highest BCUT2D eigenvalue weighted by atomic mass is 16.6. The molecule has 1 N–H and O–H groups in total. The van der Waals surface area contributed by atoms with E-state index in [-0.39, 0.29) is 23.7 Å². The van der Waals surface area contributed by atoms with Crippen molar-refractivity contribution in [3.8, 4) is 0 Å². The third kappa shape index (κ3) is 2.52. The predicted molar refractivity (Wildman–Crippen MR) is 57.2 cm³/mol. The first kappa shape index (κ1) is 11.4. The van der Waals surface area contributed by atoms with Crippen molar-refractivity contribution in [3.63, 3.8) is 0 Å². The number of hydroxylamine groups is 1. The molecule has 1 heterocycles. The van der Waals surface area contributed by atoms with Gasteiger partial charge in [-0.25, -0.2) is 5.48 Å². The smallest absolute Gasteiger partial charge is 0.248 e. The van der Waals surface area contributed by atoms with Crippen LogP contribution in [0.4, 0.5) is 0 Å². The van der Waals surface area contributed by atoms with Gasteiger partial charge in [-0.15, -0.1) is 0 Å². The zero-order valence-corrected chi connectivity index (χ0v) is 9.57. The SMILES string of the molecule is CONC(=O)[C@H]1CCCN(C(=O)C2CC2)C1. The average Bonchev–Trinajstić information content (AvgIpc) is 3.12. The molecule has 1 aliphatic heterocycles. The molecule has 0 bridgehead atoms. The molecule has 2 amide bonds. The van der Waals surface area contributed by atoms with Gasteiger partial charge >= 0.3 is 0 Å². The minimum Gasteiger partial charge on any atom is -0.342 e. The minimum absolute atomic E-state index is 0.114. The fourth-order valence-electron chi connectivity index (χ4n) is 2.16. The van der Waals surface area contributed by atoms with Crippen LogP contribution in [-0.2, 0) is 14.4 Å². The molecule has 1 atom stereocenters. The minimum atomic E-state index is -0.115. The maximum absolute atomic E-state index is 11.8. The van der Waals surface area contributed by atoms with Gasteiger partial charge in [0.1, 0.15) is 0 Å². The van der Waals surface area contributed by atoms with E-state index in [0.29, 0.717) is 6.54 Å². The molecule has 0 spiro atoms. The number of piperidine rings is 1. The summed E-state index contributed by atoms with van der Waals surface area (Å²) < 4.78 is 0. The number of nitrogens with zero attached hydrogens (tertiary/aromatic N) is 1. The molecule has 0 aromatic heterocycles. The third-order valence-electron chi connectivity index (χ3n) is 3.23. The van der Waals surface area contributed by atoms with Crippen molar-refractivity contribution in [1.29, 1.82) is 0 Å². The second-order valence-electron chi connectivity index (χ2n) is 4.57. The summed E-state index contributed by atoms with van der Waals surface area (Å²) in [6.07, 6.45) is 3.78. The first-order valence-corrected chi connectivity index (χ1v) is 5.84. The highest BCUT2D eigenvalue weighted by Gasteiger charge is 2.36. The summed E-state index contributed by atoms with van der Waals surface area (Å²) in [6.45, 7) is 1.34. The zero-order chi connectivity index (χ0) is 11.5. The summed E-state index contributed by atoms with van der Waals surface area (Å²) in [7, 11) is 1.42. The van der Waals surface area contributed by atoms with Gasteiger partial charge < -0.3 is 4.90 Å². The Balaban J connectivity index is 1.87. The Bertz CT molecular complexity index is 289. The Morgan fingerprint density at radius 1 is 1.25 bits per heavy atom. The summed E-state index contributed by atoms with van der Waals surface area (Å²) in [4.78, 5) is 29.9. The number of amides is 2. The van der Waals surface area contributed by atoms with Gasteiger partial charge in [-0.3, -0.25) is 14.4 Å². The summed E-state index contributed by atoms with van der Waals surface area (Å²) >= 11 is 0. The molecule has 1 saturated heterocycles. The quantitative estimate of drug-likeness (QED) is 0.705. The highest BCUT2D eigenvalue weighted by molar-refractivity contribution is 5.83. The summed E-state index contributed by atoms with van der Waals surface area (Å²) in [5.41, 5.74) is 2.34. The number of likely N-dealkylation sites (tertiary alicyclic amines) is 1. The van der Waals surface area contributed by atoms with Gasteiger partial charge in [0.15, 0.2) is 0 Å². The van der Waals surface area contributed by atoms with E-state index in [0.717, 1.165) is 32.2 Å². The number of nitrogens with one attached hydrogen (secondary N) is 1. The molecule has 2 aliphatic rings. The molecular formula is C11H18N2O3. The van der Waals surface area contributed by atoms with Crippen molar-refractivity contribution in [2.45, 2.75) is 25.7 Å². The second kappa shape index (κ2) is 4.82. The molecule has 5 heteroatoms. The number of rotatable bonds is 3. The Kier molecular flexibility index (Phi) is 3.43. The van der Waals surface area contributed by atoms with Gasteiger partial charge in [-0.1, -0.05) is 0 Å². The van der Waals surface area contributed by atoms with Crippen molar-refractivity contribution in [1.82, 2.24) is 10.4 Å². The van der Waals surface area contributed by atoms with Crippen LogP contribution in [0.25, 0.3) is 0 Å². The zero-order valence-electron chi connectivity index (χ0n) is 9.57. The van der Waals surface area contributed by atoms with E-state index in [1.54, 1.807) is 0 Å². The fourth-order valence-corrected chi connectivity index (χ4v) is 2.16. The molecule has 0 aromatic carbocycles. The third-order valence-corrected chi connectivity index (χ3v) is 3.23. The number of hydrogen-bond donors (Lipinski definition) is 1. The molecule has 0 aromatic rings. The maximum Gasteiger partial charge on any atom is 0.248 e. The lowest BCUT2D eigenvalue weighted by molar-refractivity contribution is -0.141. The van der Waals surface area contributed by atoms with Crippen LogP contribution in [0.3, 0.4) is 0 Å². The highest BCUT2D eigenvalue weighted by Crippen LogP contribution is 2.32. The summed E-state index contributed by atoms with van der Waals surface area (Å²) in [5.74, 6) is 0.242. The second-order valence-corrected chi connectivity index (χ2v) is 4.57. The standard InChI is InChI=1S/C11H18N2O3/c1-16-12-10(14)9-3-2-6-13(7-9)11(15)8-4-5-8/h8-9H,2-7H2,1H3,(H,12,14)/t9-/m0/s1. The van der Waals surface area contributed by atoms with E-state index in [2.05, 4.69) is 10.3 Å². The Labute approximate surface area is 95.1 Å². The lowest BCUT2D eigenvalue weighted by Gasteiger charge is -2.31. The first-order valence-electron chi connectivity index (χ1n) is 5.84. The maximum atomic E-state index is 11.8. The Morgan fingerprint density at radius 2 is 2.00 bits per heavy atom. The van der Waals surface area contributed by atoms with Gasteiger partial charge in [0, 0.05) is 19.0 Å². The van der Waals surface area contributed by atoms with Crippen molar-refractivity contribution >= 4 is 11.8 Å². The molecule has 1 aliphatic carbocycles. The van der Waals surface area contributed by atoms with E-state index in [9.17, 15) is 9.59 Å². The van der Waals surface area contributed by atoms with Gasteiger partial charge in [-0.05, 0) is 25.7 Å². The Hall–Kier alpha value is -1.10. The molecule has 5 nitrogen and oxygen atoms in total. The normalized spacial score (nSPS) is 25.3. The van der Waals surface area contributed by atoms with Crippen LogP contribution >= 0.6 is 0 Å². The number of carbonyl (C=O) groups excluding carboxylic acids is 2. The molecule has 90 valence electrons. The van der Waals surface area contributed by atoms with E-state index in [1.165, 1.54) is 7.11 Å². The van der Waals surface area contributed by atoms with Crippen LogP contribution in [0, 0.1) is 11.8 Å².